The third kappa shape index (κ3) is 4.90. The fourth-order valence-corrected chi connectivity index (χ4v) is 4.39. The van der Waals surface area contributed by atoms with Crippen molar-refractivity contribution >= 4 is 35.1 Å². The highest BCUT2D eigenvalue weighted by atomic mass is 35.5. The van der Waals surface area contributed by atoms with Gasteiger partial charge in [-0.2, -0.15) is 0 Å². The summed E-state index contributed by atoms with van der Waals surface area (Å²) < 4.78 is 10.7. The Morgan fingerprint density at radius 1 is 1.12 bits per heavy atom. The van der Waals surface area contributed by atoms with Gasteiger partial charge >= 0.3 is 5.97 Å². The standard InChI is InChI=1S/C24H27ClN4O4/c1-3-33-23(31)20-21(18-9-4-5-10-19(18)32-2)26-24(27-22(20)30)29-13-11-28(12-14-29)17-8-6-7-16(25)15-17/h4-10,15,20-21H,3,11-14H2,1-2H3,(H,26,27,30)/t20-,21-/m1/s1. The van der Waals surface area contributed by atoms with Crippen LogP contribution in [0.25, 0.3) is 0 Å². The van der Waals surface area contributed by atoms with E-state index in [0.717, 1.165) is 18.8 Å². The first kappa shape index (κ1) is 22.9. The average molecular weight is 471 g/mol. The Bertz CT molecular complexity index is 1050. The number of nitrogens with zero attached hydrogens (tertiary/aromatic N) is 3. The molecule has 2 aliphatic rings. The molecule has 1 N–H and O–H groups in total. The SMILES string of the molecule is CCOC(=O)[C@H]1C(=O)NC(N2CCN(c3cccc(Cl)c3)CC2)=N[C@@H]1c1ccccc1OC. The van der Waals surface area contributed by atoms with Crippen LogP contribution in [0, 0.1) is 5.92 Å². The van der Waals surface area contributed by atoms with E-state index in [1.807, 2.05) is 47.4 Å². The topological polar surface area (TPSA) is 83.5 Å². The summed E-state index contributed by atoms with van der Waals surface area (Å²) in [7, 11) is 1.56. The van der Waals surface area contributed by atoms with Crippen molar-refractivity contribution in [3.8, 4) is 5.75 Å². The Labute approximate surface area is 198 Å². The van der Waals surface area contributed by atoms with Crippen LogP contribution in [0.15, 0.2) is 53.5 Å². The highest BCUT2D eigenvalue weighted by molar-refractivity contribution is 6.30. The summed E-state index contributed by atoms with van der Waals surface area (Å²) in [6.07, 6.45) is 0. The number of esters is 1. The molecule has 33 heavy (non-hydrogen) atoms. The smallest absolute Gasteiger partial charge is 0.321 e. The second-order valence-electron chi connectivity index (χ2n) is 7.81. The summed E-state index contributed by atoms with van der Waals surface area (Å²) in [4.78, 5) is 34.9. The molecule has 1 fully saturated rings. The third-order valence-electron chi connectivity index (χ3n) is 5.85. The van der Waals surface area contributed by atoms with Crippen LogP contribution in [0.4, 0.5) is 5.69 Å². The summed E-state index contributed by atoms with van der Waals surface area (Å²) in [5.41, 5.74) is 1.73. The first-order chi connectivity index (χ1) is 16.0. The molecule has 8 nitrogen and oxygen atoms in total. The molecule has 0 unspecified atom stereocenters. The van der Waals surface area contributed by atoms with Crippen LogP contribution in [0.3, 0.4) is 0 Å². The number of hydrogen-bond donors (Lipinski definition) is 1. The Hall–Kier alpha value is -3.26. The lowest BCUT2D eigenvalue weighted by molar-refractivity contribution is -0.153. The minimum atomic E-state index is -1.09. The van der Waals surface area contributed by atoms with E-state index < -0.39 is 23.8 Å². The fourth-order valence-electron chi connectivity index (χ4n) is 4.21. The Morgan fingerprint density at radius 3 is 2.55 bits per heavy atom. The number of methoxy groups -OCH3 is 1. The molecule has 0 aromatic heterocycles. The monoisotopic (exact) mass is 470 g/mol. The number of aliphatic imine (C=N–C) groups is 1. The summed E-state index contributed by atoms with van der Waals surface area (Å²) in [5.74, 6) is -1.08. The van der Waals surface area contributed by atoms with Gasteiger partial charge in [0, 0.05) is 42.5 Å². The quantitative estimate of drug-likeness (QED) is 0.534. The number of carbonyl (C=O) groups excluding carboxylic acids is 2. The summed E-state index contributed by atoms with van der Waals surface area (Å²) >= 11 is 6.14. The highest BCUT2D eigenvalue weighted by Gasteiger charge is 2.43. The predicted molar refractivity (Wildman–Crippen MR) is 127 cm³/mol. The van der Waals surface area contributed by atoms with Gasteiger partial charge in [-0.1, -0.05) is 35.9 Å². The van der Waals surface area contributed by atoms with E-state index in [0.29, 0.717) is 35.4 Å². The third-order valence-corrected chi connectivity index (χ3v) is 6.08. The van der Waals surface area contributed by atoms with E-state index in [1.165, 1.54) is 0 Å². The van der Waals surface area contributed by atoms with E-state index in [9.17, 15) is 9.59 Å². The molecule has 0 saturated carbocycles. The molecule has 2 aliphatic heterocycles. The number of carbonyl (C=O) groups is 2. The lowest BCUT2D eigenvalue weighted by Crippen LogP contribution is -2.57. The minimum absolute atomic E-state index is 0.184. The van der Waals surface area contributed by atoms with Crippen LogP contribution in [-0.4, -0.2) is 62.6 Å². The number of amides is 1. The summed E-state index contributed by atoms with van der Waals surface area (Å²) in [6.45, 7) is 4.71. The van der Waals surface area contributed by atoms with E-state index in [1.54, 1.807) is 20.1 Å². The minimum Gasteiger partial charge on any atom is -0.496 e. The molecule has 0 spiro atoms. The largest absolute Gasteiger partial charge is 0.496 e. The number of guanidine groups is 1. The normalized spacial score (nSPS) is 20.7. The van der Waals surface area contributed by atoms with Crippen LogP contribution in [0.2, 0.25) is 5.02 Å². The first-order valence-corrected chi connectivity index (χ1v) is 11.3. The van der Waals surface area contributed by atoms with Gasteiger partial charge < -0.3 is 19.3 Å². The number of hydrogen-bond acceptors (Lipinski definition) is 7. The Balaban J connectivity index is 1.59. The van der Waals surface area contributed by atoms with Gasteiger partial charge in [-0.15, -0.1) is 0 Å². The number of piperazine rings is 1. The Kier molecular flexibility index (Phi) is 7.03. The van der Waals surface area contributed by atoms with Crippen molar-refractivity contribution in [2.24, 2.45) is 10.9 Å². The molecule has 9 heteroatoms. The second-order valence-corrected chi connectivity index (χ2v) is 8.25. The van der Waals surface area contributed by atoms with Gasteiger partial charge in [0.2, 0.25) is 11.9 Å². The molecule has 0 bridgehead atoms. The summed E-state index contributed by atoms with van der Waals surface area (Å²) in [6, 6.07) is 14.3. The van der Waals surface area contributed by atoms with Gasteiger partial charge in [-0.05, 0) is 31.2 Å². The highest BCUT2D eigenvalue weighted by Crippen LogP contribution is 2.36. The molecule has 0 aliphatic carbocycles. The number of anilines is 1. The van der Waals surface area contributed by atoms with Crippen molar-refractivity contribution in [2.75, 3.05) is 44.8 Å². The molecule has 1 saturated heterocycles. The second kappa shape index (κ2) is 10.1. The van der Waals surface area contributed by atoms with Crippen molar-refractivity contribution in [1.82, 2.24) is 10.2 Å². The van der Waals surface area contributed by atoms with Gasteiger partial charge in [0.15, 0.2) is 5.92 Å². The molecule has 174 valence electrons. The zero-order valence-corrected chi connectivity index (χ0v) is 19.4. The van der Waals surface area contributed by atoms with E-state index in [4.69, 9.17) is 26.1 Å². The van der Waals surface area contributed by atoms with Crippen LogP contribution in [0.1, 0.15) is 18.5 Å². The predicted octanol–water partition coefficient (Wildman–Crippen LogP) is 2.88. The number of ether oxygens (including phenoxy) is 2. The lowest BCUT2D eigenvalue weighted by Gasteiger charge is -2.39. The molecule has 2 atom stereocenters. The lowest BCUT2D eigenvalue weighted by atomic mass is 9.90. The molecule has 4 rings (SSSR count). The van der Waals surface area contributed by atoms with Gasteiger partial charge in [-0.25, -0.2) is 4.99 Å². The number of rotatable bonds is 5. The first-order valence-electron chi connectivity index (χ1n) is 11.0. The van der Waals surface area contributed by atoms with E-state index in [2.05, 4.69) is 10.2 Å². The Morgan fingerprint density at radius 2 is 1.85 bits per heavy atom. The average Bonchev–Trinajstić information content (AvgIpc) is 2.83. The summed E-state index contributed by atoms with van der Waals surface area (Å²) in [5, 5.41) is 3.53. The van der Waals surface area contributed by atoms with Crippen LogP contribution in [-0.2, 0) is 14.3 Å². The molecule has 2 heterocycles. The molecule has 2 aromatic rings. The molecule has 0 radical (unpaired) electrons. The van der Waals surface area contributed by atoms with Gasteiger partial charge in [0.25, 0.3) is 0 Å². The zero-order chi connectivity index (χ0) is 23.4. The molecule has 2 aromatic carbocycles. The number of nitrogens with one attached hydrogen (secondary N) is 1. The van der Waals surface area contributed by atoms with Crippen molar-refractivity contribution in [2.45, 2.75) is 13.0 Å². The van der Waals surface area contributed by atoms with Gasteiger partial charge in [0.05, 0.1) is 13.7 Å². The maximum Gasteiger partial charge on any atom is 0.321 e. The van der Waals surface area contributed by atoms with Crippen molar-refractivity contribution in [1.29, 1.82) is 0 Å². The zero-order valence-electron chi connectivity index (χ0n) is 18.7. The van der Waals surface area contributed by atoms with E-state index in [-0.39, 0.29) is 6.61 Å². The molecule has 1 amide bonds. The molecular weight excluding hydrogens is 444 g/mol. The maximum absolute atomic E-state index is 13.1. The van der Waals surface area contributed by atoms with Crippen LogP contribution in [0.5, 0.6) is 5.75 Å². The number of benzene rings is 2. The van der Waals surface area contributed by atoms with Crippen LogP contribution >= 0.6 is 11.6 Å². The van der Waals surface area contributed by atoms with Gasteiger partial charge in [-0.3, -0.25) is 14.9 Å². The van der Waals surface area contributed by atoms with E-state index >= 15 is 0 Å². The van der Waals surface area contributed by atoms with Crippen molar-refractivity contribution < 1.29 is 19.1 Å². The van der Waals surface area contributed by atoms with Gasteiger partial charge in [0.1, 0.15) is 11.8 Å². The molecular formula is C24H27ClN4O4. The fraction of sp³-hybridized carbons (Fsp3) is 0.375. The maximum atomic E-state index is 13.1. The number of halogens is 1. The van der Waals surface area contributed by atoms with Crippen molar-refractivity contribution in [3.63, 3.8) is 0 Å². The number of para-hydroxylation sites is 1. The van der Waals surface area contributed by atoms with Crippen molar-refractivity contribution in [3.05, 3.63) is 59.1 Å². The van der Waals surface area contributed by atoms with Crippen LogP contribution < -0.4 is 15.0 Å².